The number of anilines is 1. The van der Waals surface area contributed by atoms with Gasteiger partial charge >= 0.3 is 0 Å². The van der Waals surface area contributed by atoms with Crippen molar-refractivity contribution in [1.29, 1.82) is 0 Å². The number of nitrogens with one attached hydrogen (secondary N) is 2. The number of amides is 1. The molecule has 112 valence electrons. The third-order valence-corrected chi connectivity index (χ3v) is 3.84. The molecule has 0 aromatic carbocycles. The summed E-state index contributed by atoms with van der Waals surface area (Å²) in [7, 11) is 1.66. The molecule has 0 aliphatic carbocycles. The number of hydrogen-bond acceptors (Lipinski definition) is 3. The van der Waals surface area contributed by atoms with Crippen LogP contribution in [0.2, 0.25) is 0 Å². The van der Waals surface area contributed by atoms with Crippen molar-refractivity contribution in [2.45, 2.75) is 25.8 Å². The van der Waals surface area contributed by atoms with Gasteiger partial charge in [-0.05, 0) is 48.3 Å². The van der Waals surface area contributed by atoms with E-state index < -0.39 is 0 Å². The fourth-order valence-corrected chi connectivity index (χ4v) is 2.90. The monoisotopic (exact) mass is 363 g/mol. The number of carbonyl (C=O) groups excluding carboxylic acids is 1. The Morgan fingerprint density at radius 2 is 2.25 bits per heavy atom. The zero-order valence-electron chi connectivity index (χ0n) is 11.5. The number of carbonyl (C=O) groups is 1. The van der Waals surface area contributed by atoms with Crippen LogP contribution in [0.5, 0.6) is 0 Å². The molecule has 1 aromatic heterocycles. The summed E-state index contributed by atoms with van der Waals surface area (Å²) >= 11 is 3.32. The average molecular weight is 365 g/mol. The summed E-state index contributed by atoms with van der Waals surface area (Å²) in [4.78, 5) is 24.1. The summed E-state index contributed by atoms with van der Waals surface area (Å²) in [5, 5.41) is 6.06. The second-order valence-electron chi connectivity index (χ2n) is 5.05. The van der Waals surface area contributed by atoms with E-state index in [-0.39, 0.29) is 29.8 Å². The molecule has 0 spiro atoms. The van der Waals surface area contributed by atoms with Gasteiger partial charge in [0.1, 0.15) is 5.69 Å². The van der Waals surface area contributed by atoms with Gasteiger partial charge in [0.2, 0.25) is 5.91 Å². The number of aryl methyl sites for hydroxylation is 1. The maximum absolute atomic E-state index is 12.2. The van der Waals surface area contributed by atoms with Gasteiger partial charge in [0, 0.05) is 29.7 Å². The van der Waals surface area contributed by atoms with Crippen LogP contribution < -0.4 is 16.2 Å². The molecule has 0 radical (unpaired) electrons. The average Bonchev–Trinajstić information content (AvgIpc) is 2.35. The summed E-state index contributed by atoms with van der Waals surface area (Å²) in [6.45, 7) is 2.91. The van der Waals surface area contributed by atoms with Gasteiger partial charge in [-0.2, -0.15) is 0 Å². The van der Waals surface area contributed by atoms with E-state index in [1.165, 1.54) is 4.57 Å². The van der Waals surface area contributed by atoms with Crippen LogP contribution in [0.4, 0.5) is 5.69 Å². The highest BCUT2D eigenvalue weighted by Crippen LogP contribution is 2.18. The molecule has 7 heteroatoms. The highest BCUT2D eigenvalue weighted by atomic mass is 79.9. The predicted octanol–water partition coefficient (Wildman–Crippen LogP) is 1.90. The Hall–Kier alpha value is -0.850. The molecule has 2 rings (SSSR count). The zero-order chi connectivity index (χ0) is 14.0. The Morgan fingerprint density at radius 1 is 1.55 bits per heavy atom. The van der Waals surface area contributed by atoms with Crippen molar-refractivity contribution < 1.29 is 4.79 Å². The smallest absolute Gasteiger partial charge is 0.274 e. The molecule has 2 atom stereocenters. The minimum absolute atomic E-state index is 0. The van der Waals surface area contributed by atoms with Crippen molar-refractivity contribution in [3.63, 3.8) is 0 Å². The maximum Gasteiger partial charge on any atom is 0.274 e. The van der Waals surface area contributed by atoms with E-state index >= 15 is 0 Å². The van der Waals surface area contributed by atoms with Crippen LogP contribution in [-0.2, 0) is 11.8 Å². The number of pyridine rings is 1. The Bertz CT molecular complexity index is 547. The van der Waals surface area contributed by atoms with E-state index in [0.29, 0.717) is 11.7 Å². The SMILES string of the molecule is C[C@H]1C[C@@H](C(=O)Nc2cc(Br)cn(C)c2=O)CCN1.Cl. The van der Waals surface area contributed by atoms with Gasteiger partial charge in [-0.25, -0.2) is 0 Å². The second kappa shape index (κ2) is 7.24. The lowest BCUT2D eigenvalue weighted by Crippen LogP contribution is -2.40. The first-order valence-electron chi connectivity index (χ1n) is 6.38. The Labute approximate surface area is 132 Å². The third kappa shape index (κ3) is 4.07. The first-order valence-corrected chi connectivity index (χ1v) is 7.17. The van der Waals surface area contributed by atoms with Crippen molar-refractivity contribution in [2.75, 3.05) is 11.9 Å². The Morgan fingerprint density at radius 3 is 2.90 bits per heavy atom. The summed E-state index contributed by atoms with van der Waals surface area (Å²) in [5.41, 5.74) is 0.131. The normalized spacial score (nSPS) is 21.9. The van der Waals surface area contributed by atoms with Gasteiger partial charge in [-0.1, -0.05) is 0 Å². The fraction of sp³-hybridized carbons (Fsp3) is 0.538. The lowest BCUT2D eigenvalue weighted by molar-refractivity contribution is -0.120. The van der Waals surface area contributed by atoms with E-state index in [1.54, 1.807) is 19.3 Å². The lowest BCUT2D eigenvalue weighted by atomic mass is 9.92. The van der Waals surface area contributed by atoms with Gasteiger partial charge in [-0.3, -0.25) is 9.59 Å². The maximum atomic E-state index is 12.2. The largest absolute Gasteiger partial charge is 0.321 e. The lowest BCUT2D eigenvalue weighted by Gasteiger charge is -2.27. The number of hydrogen-bond donors (Lipinski definition) is 2. The number of nitrogens with zero attached hydrogens (tertiary/aromatic N) is 1. The molecular weight excluding hydrogens is 346 g/mol. The number of piperidine rings is 1. The summed E-state index contributed by atoms with van der Waals surface area (Å²) in [5.74, 6) is -0.0940. The standard InChI is InChI=1S/C13H18BrN3O2.ClH/c1-8-5-9(3-4-15-8)12(18)16-11-6-10(14)7-17(2)13(11)19;/h6-9,15H,3-5H2,1-2H3,(H,16,18);1H/t8-,9-;/m0./s1. The number of aromatic nitrogens is 1. The molecule has 0 bridgehead atoms. The third-order valence-electron chi connectivity index (χ3n) is 3.40. The Balaban J connectivity index is 0.00000200. The van der Waals surface area contributed by atoms with Crippen LogP contribution in [0.1, 0.15) is 19.8 Å². The first kappa shape index (κ1) is 17.2. The van der Waals surface area contributed by atoms with Crippen molar-refractivity contribution >= 4 is 39.9 Å². The van der Waals surface area contributed by atoms with Crippen LogP contribution in [0.25, 0.3) is 0 Å². The Kier molecular flexibility index (Phi) is 6.23. The van der Waals surface area contributed by atoms with E-state index in [2.05, 4.69) is 33.5 Å². The minimum Gasteiger partial charge on any atom is -0.321 e. The van der Waals surface area contributed by atoms with Crippen molar-refractivity contribution in [3.05, 3.63) is 27.1 Å². The van der Waals surface area contributed by atoms with E-state index in [9.17, 15) is 9.59 Å². The van der Waals surface area contributed by atoms with Crippen molar-refractivity contribution in [1.82, 2.24) is 9.88 Å². The molecule has 0 unspecified atom stereocenters. The number of halogens is 2. The van der Waals surface area contributed by atoms with E-state index in [4.69, 9.17) is 0 Å². The number of rotatable bonds is 2. The van der Waals surface area contributed by atoms with Crippen LogP contribution >= 0.6 is 28.3 Å². The van der Waals surface area contributed by atoms with Crippen LogP contribution in [0.15, 0.2) is 21.5 Å². The molecule has 1 amide bonds. The molecule has 1 aliphatic heterocycles. The van der Waals surface area contributed by atoms with Crippen LogP contribution in [0.3, 0.4) is 0 Å². The van der Waals surface area contributed by atoms with Crippen LogP contribution in [-0.4, -0.2) is 23.1 Å². The van der Waals surface area contributed by atoms with Crippen molar-refractivity contribution in [3.8, 4) is 0 Å². The molecule has 1 aliphatic rings. The van der Waals surface area contributed by atoms with Crippen molar-refractivity contribution in [2.24, 2.45) is 13.0 Å². The fourth-order valence-electron chi connectivity index (χ4n) is 2.36. The van der Waals surface area contributed by atoms with Gasteiger partial charge in [0.05, 0.1) is 0 Å². The minimum atomic E-state index is -0.196. The molecule has 2 N–H and O–H groups in total. The van der Waals surface area contributed by atoms with Crippen LogP contribution in [0, 0.1) is 5.92 Å². The molecule has 2 heterocycles. The van der Waals surface area contributed by atoms with Gasteiger partial charge in [-0.15, -0.1) is 12.4 Å². The first-order chi connectivity index (χ1) is 8.97. The quantitative estimate of drug-likeness (QED) is 0.842. The molecule has 20 heavy (non-hydrogen) atoms. The van der Waals surface area contributed by atoms with Gasteiger partial charge < -0.3 is 15.2 Å². The van der Waals surface area contributed by atoms with E-state index in [1.807, 2.05) is 0 Å². The molecule has 1 aromatic rings. The predicted molar refractivity (Wildman–Crippen MR) is 85.4 cm³/mol. The molecule has 1 saturated heterocycles. The highest BCUT2D eigenvalue weighted by Gasteiger charge is 2.25. The molecule has 5 nitrogen and oxygen atoms in total. The summed E-state index contributed by atoms with van der Waals surface area (Å²) in [6, 6.07) is 1.99. The zero-order valence-corrected chi connectivity index (χ0v) is 13.9. The van der Waals surface area contributed by atoms with Gasteiger partial charge in [0.25, 0.3) is 5.56 Å². The molecular formula is C13H19BrClN3O2. The van der Waals surface area contributed by atoms with E-state index in [0.717, 1.165) is 23.9 Å². The molecule has 0 saturated carbocycles. The second-order valence-corrected chi connectivity index (χ2v) is 5.97. The summed E-state index contributed by atoms with van der Waals surface area (Å²) in [6.07, 6.45) is 3.29. The van der Waals surface area contributed by atoms with Gasteiger partial charge in [0.15, 0.2) is 0 Å². The topological polar surface area (TPSA) is 63.1 Å². The highest BCUT2D eigenvalue weighted by molar-refractivity contribution is 9.10. The molecule has 1 fully saturated rings. The summed E-state index contributed by atoms with van der Waals surface area (Å²) < 4.78 is 2.22.